The molecule has 4 aromatic rings. The van der Waals surface area contributed by atoms with E-state index in [4.69, 9.17) is 13.9 Å². The van der Waals surface area contributed by atoms with E-state index in [1.54, 1.807) is 30.3 Å². The molecular weight excluding hydrogens is 444 g/mol. The summed E-state index contributed by atoms with van der Waals surface area (Å²) in [4.78, 5) is 25.2. The molecule has 0 radical (unpaired) electrons. The van der Waals surface area contributed by atoms with Crippen LogP contribution >= 0.6 is 0 Å². The van der Waals surface area contributed by atoms with Gasteiger partial charge in [-0.2, -0.15) is 0 Å². The Bertz CT molecular complexity index is 1340. The van der Waals surface area contributed by atoms with E-state index in [2.05, 4.69) is 24.5 Å². The SMILES string of the molecule is COc1cc(NC(=O)COc2cc(C)ccc2C(C)C)ccc1NC(=O)c1cc2ccccc2o1. The van der Waals surface area contributed by atoms with E-state index in [-0.39, 0.29) is 24.2 Å². The largest absolute Gasteiger partial charge is 0.494 e. The summed E-state index contributed by atoms with van der Waals surface area (Å²) in [5, 5.41) is 6.44. The predicted molar refractivity (Wildman–Crippen MR) is 137 cm³/mol. The molecule has 0 saturated heterocycles. The summed E-state index contributed by atoms with van der Waals surface area (Å²) in [5.41, 5.74) is 3.72. The van der Waals surface area contributed by atoms with Crippen molar-refractivity contribution in [1.29, 1.82) is 0 Å². The molecule has 0 aliphatic rings. The fourth-order valence-corrected chi connectivity index (χ4v) is 3.73. The van der Waals surface area contributed by atoms with Crippen LogP contribution in [0.1, 0.15) is 41.4 Å². The molecule has 4 rings (SSSR count). The number of carbonyl (C=O) groups is 2. The molecule has 0 aliphatic carbocycles. The number of hydrogen-bond acceptors (Lipinski definition) is 5. The van der Waals surface area contributed by atoms with Crippen LogP contribution < -0.4 is 20.1 Å². The first-order chi connectivity index (χ1) is 16.8. The number of nitrogens with one attached hydrogen (secondary N) is 2. The quantitative estimate of drug-likeness (QED) is 0.321. The molecule has 7 heteroatoms. The second kappa shape index (κ2) is 10.3. The van der Waals surface area contributed by atoms with E-state index in [1.165, 1.54) is 7.11 Å². The number of rotatable bonds is 8. The van der Waals surface area contributed by atoms with Crippen molar-refractivity contribution < 1.29 is 23.5 Å². The van der Waals surface area contributed by atoms with Crippen LogP contribution in [-0.4, -0.2) is 25.5 Å². The van der Waals surface area contributed by atoms with Crippen molar-refractivity contribution in [3.63, 3.8) is 0 Å². The molecule has 0 fully saturated rings. The molecule has 0 unspecified atom stereocenters. The first-order valence-electron chi connectivity index (χ1n) is 11.3. The second-order valence-corrected chi connectivity index (χ2v) is 8.55. The molecule has 2 amide bonds. The average molecular weight is 473 g/mol. The van der Waals surface area contributed by atoms with Crippen molar-refractivity contribution >= 4 is 34.2 Å². The van der Waals surface area contributed by atoms with E-state index in [0.717, 1.165) is 16.5 Å². The number of amides is 2. The van der Waals surface area contributed by atoms with Crippen molar-refractivity contribution in [2.24, 2.45) is 0 Å². The zero-order valence-electron chi connectivity index (χ0n) is 20.2. The highest BCUT2D eigenvalue weighted by molar-refractivity contribution is 6.05. The van der Waals surface area contributed by atoms with Gasteiger partial charge in [-0.25, -0.2) is 0 Å². The minimum Gasteiger partial charge on any atom is -0.494 e. The lowest BCUT2D eigenvalue weighted by Gasteiger charge is -2.15. The van der Waals surface area contributed by atoms with Gasteiger partial charge in [0.25, 0.3) is 11.8 Å². The molecule has 180 valence electrons. The summed E-state index contributed by atoms with van der Waals surface area (Å²) in [7, 11) is 1.49. The van der Waals surface area contributed by atoms with Crippen molar-refractivity contribution in [3.8, 4) is 11.5 Å². The van der Waals surface area contributed by atoms with Gasteiger partial charge in [0, 0.05) is 17.1 Å². The number of para-hydroxylation sites is 1. The first-order valence-corrected chi connectivity index (χ1v) is 11.3. The summed E-state index contributed by atoms with van der Waals surface area (Å²) < 4.78 is 16.9. The molecule has 0 atom stereocenters. The Labute approximate surface area is 204 Å². The van der Waals surface area contributed by atoms with E-state index < -0.39 is 5.91 Å². The fourth-order valence-electron chi connectivity index (χ4n) is 3.73. The van der Waals surface area contributed by atoms with E-state index in [1.807, 2.05) is 43.3 Å². The highest BCUT2D eigenvalue weighted by atomic mass is 16.5. The lowest BCUT2D eigenvalue weighted by atomic mass is 10.0. The second-order valence-electron chi connectivity index (χ2n) is 8.55. The number of ether oxygens (including phenoxy) is 2. The third-order valence-corrected chi connectivity index (χ3v) is 5.53. The minimum absolute atomic E-state index is 0.129. The Morgan fingerprint density at radius 2 is 1.74 bits per heavy atom. The molecule has 3 aromatic carbocycles. The molecule has 0 bridgehead atoms. The molecule has 35 heavy (non-hydrogen) atoms. The Morgan fingerprint density at radius 1 is 0.943 bits per heavy atom. The molecule has 0 spiro atoms. The molecule has 1 heterocycles. The normalized spacial score (nSPS) is 10.9. The number of furan rings is 1. The molecule has 7 nitrogen and oxygen atoms in total. The van der Waals surface area contributed by atoms with Gasteiger partial charge in [-0.3, -0.25) is 9.59 Å². The molecular formula is C28H28N2O5. The number of methoxy groups -OCH3 is 1. The third kappa shape index (κ3) is 5.63. The van der Waals surface area contributed by atoms with Crippen LogP contribution in [0.2, 0.25) is 0 Å². The number of anilines is 2. The smallest absolute Gasteiger partial charge is 0.291 e. The van der Waals surface area contributed by atoms with Gasteiger partial charge in [0.15, 0.2) is 12.4 Å². The van der Waals surface area contributed by atoms with Gasteiger partial charge in [-0.15, -0.1) is 0 Å². The van der Waals surface area contributed by atoms with Crippen LogP contribution in [0.15, 0.2) is 71.1 Å². The van der Waals surface area contributed by atoms with Crippen molar-refractivity contribution in [1.82, 2.24) is 0 Å². The molecule has 0 saturated carbocycles. The molecule has 1 aromatic heterocycles. The number of hydrogen-bond donors (Lipinski definition) is 2. The van der Waals surface area contributed by atoms with Crippen LogP contribution in [0.25, 0.3) is 11.0 Å². The van der Waals surface area contributed by atoms with Gasteiger partial charge >= 0.3 is 0 Å². The Morgan fingerprint density at radius 3 is 2.49 bits per heavy atom. The van der Waals surface area contributed by atoms with Gasteiger partial charge in [0.05, 0.1) is 12.8 Å². The van der Waals surface area contributed by atoms with E-state index >= 15 is 0 Å². The first kappa shape index (κ1) is 23.9. The lowest BCUT2D eigenvalue weighted by Crippen LogP contribution is -2.21. The van der Waals surface area contributed by atoms with Gasteiger partial charge in [0.2, 0.25) is 0 Å². The summed E-state index contributed by atoms with van der Waals surface area (Å²) in [6.07, 6.45) is 0. The number of carbonyl (C=O) groups excluding carboxylic acids is 2. The lowest BCUT2D eigenvalue weighted by molar-refractivity contribution is -0.118. The summed E-state index contributed by atoms with van der Waals surface area (Å²) in [5.74, 6) is 0.872. The number of fused-ring (bicyclic) bond motifs is 1. The van der Waals surface area contributed by atoms with Crippen molar-refractivity contribution in [3.05, 3.63) is 83.6 Å². The molecule has 2 N–H and O–H groups in total. The fraction of sp³-hybridized carbons (Fsp3) is 0.214. The highest BCUT2D eigenvalue weighted by Crippen LogP contribution is 2.30. The van der Waals surface area contributed by atoms with E-state index in [9.17, 15) is 9.59 Å². The predicted octanol–water partition coefficient (Wildman–Crippen LogP) is 6.14. The zero-order chi connectivity index (χ0) is 24.9. The van der Waals surface area contributed by atoms with Crippen LogP contribution in [0.3, 0.4) is 0 Å². The standard InChI is InChI=1S/C28H28N2O5/c1-17(2)21-11-9-18(3)13-24(21)34-16-27(31)29-20-10-12-22(25(15-20)33-4)30-28(32)26-14-19-7-5-6-8-23(19)35-26/h5-15,17H,16H2,1-4H3,(H,29,31)(H,30,32). The van der Waals surface area contributed by atoms with E-state index in [0.29, 0.717) is 28.5 Å². The van der Waals surface area contributed by atoms with Crippen LogP contribution in [0.5, 0.6) is 11.5 Å². The topological polar surface area (TPSA) is 89.8 Å². The maximum Gasteiger partial charge on any atom is 0.291 e. The number of benzene rings is 3. The van der Waals surface area contributed by atoms with Crippen LogP contribution in [-0.2, 0) is 4.79 Å². The van der Waals surface area contributed by atoms with Gasteiger partial charge in [0.1, 0.15) is 17.1 Å². The maximum absolute atomic E-state index is 12.7. The van der Waals surface area contributed by atoms with Crippen LogP contribution in [0.4, 0.5) is 11.4 Å². The summed E-state index contributed by atoms with van der Waals surface area (Å²) in [6, 6.07) is 20.1. The zero-order valence-corrected chi connectivity index (χ0v) is 20.2. The maximum atomic E-state index is 12.7. The van der Waals surface area contributed by atoms with Gasteiger partial charge in [-0.05, 0) is 54.3 Å². The number of aryl methyl sites for hydroxylation is 1. The van der Waals surface area contributed by atoms with Crippen LogP contribution in [0, 0.1) is 6.92 Å². The van der Waals surface area contributed by atoms with Gasteiger partial charge in [-0.1, -0.05) is 44.2 Å². The summed E-state index contributed by atoms with van der Waals surface area (Å²) in [6.45, 7) is 6.02. The Kier molecular flexibility index (Phi) is 7.06. The molecule has 0 aliphatic heterocycles. The van der Waals surface area contributed by atoms with Crippen molar-refractivity contribution in [2.75, 3.05) is 24.4 Å². The minimum atomic E-state index is -0.399. The average Bonchev–Trinajstić information content (AvgIpc) is 3.28. The highest BCUT2D eigenvalue weighted by Gasteiger charge is 2.16. The van der Waals surface area contributed by atoms with Crippen molar-refractivity contribution in [2.45, 2.75) is 26.7 Å². The van der Waals surface area contributed by atoms with Gasteiger partial charge < -0.3 is 24.5 Å². The third-order valence-electron chi connectivity index (χ3n) is 5.53. The Balaban J connectivity index is 1.41. The Hall–Kier alpha value is -4.26. The summed E-state index contributed by atoms with van der Waals surface area (Å²) >= 11 is 0. The monoisotopic (exact) mass is 472 g/mol.